The molecule has 1 aromatic heterocycles. The lowest BCUT2D eigenvalue weighted by molar-refractivity contribution is -0.385. The van der Waals surface area contributed by atoms with Crippen LogP contribution in [0.25, 0.3) is 11.3 Å². The summed E-state index contributed by atoms with van der Waals surface area (Å²) in [5.41, 5.74) is 1.65. The molecule has 0 radical (unpaired) electrons. The summed E-state index contributed by atoms with van der Waals surface area (Å²) in [4.78, 5) is 22.9. The highest BCUT2D eigenvalue weighted by molar-refractivity contribution is 9.11. The highest BCUT2D eigenvalue weighted by Gasteiger charge is 2.18. The van der Waals surface area contributed by atoms with Gasteiger partial charge in [0.1, 0.15) is 5.69 Å². The zero-order chi connectivity index (χ0) is 19.7. The van der Waals surface area contributed by atoms with Gasteiger partial charge in [-0.25, -0.2) is 0 Å². The number of aromatic nitrogens is 2. The molecule has 0 aliphatic heterocycles. The number of carbonyl (C=O) groups excluding carboxylic acids is 1. The third kappa shape index (κ3) is 4.32. The minimum atomic E-state index is -0.528. The van der Waals surface area contributed by atoms with E-state index in [1.54, 1.807) is 24.3 Å². The molecule has 27 heavy (non-hydrogen) atoms. The van der Waals surface area contributed by atoms with Crippen molar-refractivity contribution in [2.75, 3.05) is 5.32 Å². The molecule has 1 heterocycles. The maximum absolute atomic E-state index is 12.5. The number of H-pyrrole nitrogens is 1. The topological polar surface area (TPSA) is 101 Å². The first kappa shape index (κ1) is 19.8. The number of halogens is 4. The lowest BCUT2D eigenvalue weighted by Crippen LogP contribution is -2.13. The van der Waals surface area contributed by atoms with Gasteiger partial charge in [-0.15, -0.1) is 0 Å². The van der Waals surface area contributed by atoms with E-state index >= 15 is 0 Å². The zero-order valence-corrected chi connectivity index (χ0v) is 17.8. The molecular formula is C16H8Br2Cl2N4O3. The van der Waals surface area contributed by atoms with E-state index in [4.69, 9.17) is 23.2 Å². The Labute approximate surface area is 179 Å². The predicted octanol–water partition coefficient (Wildman–Crippen LogP) is 6.07. The highest BCUT2D eigenvalue weighted by atomic mass is 79.9. The number of nitro groups is 1. The number of rotatable bonds is 4. The van der Waals surface area contributed by atoms with Gasteiger partial charge in [-0.3, -0.25) is 20.0 Å². The summed E-state index contributed by atoms with van der Waals surface area (Å²) < 4.78 is 0.724. The maximum Gasteiger partial charge on any atom is 0.273 e. The van der Waals surface area contributed by atoms with Crippen LogP contribution in [0.15, 0.2) is 45.3 Å². The van der Waals surface area contributed by atoms with Crippen LogP contribution in [0.5, 0.6) is 0 Å². The van der Waals surface area contributed by atoms with Crippen LogP contribution in [-0.2, 0) is 0 Å². The maximum atomic E-state index is 12.5. The molecule has 0 aliphatic carbocycles. The summed E-state index contributed by atoms with van der Waals surface area (Å²) in [5.74, 6) is -0.468. The number of hydrogen-bond acceptors (Lipinski definition) is 4. The molecule has 2 aromatic carbocycles. The van der Waals surface area contributed by atoms with Crippen molar-refractivity contribution in [3.63, 3.8) is 0 Å². The summed E-state index contributed by atoms with van der Waals surface area (Å²) in [7, 11) is 0. The molecule has 0 saturated carbocycles. The number of benzene rings is 2. The highest BCUT2D eigenvalue weighted by Crippen LogP contribution is 2.35. The van der Waals surface area contributed by atoms with E-state index in [1.807, 2.05) is 0 Å². The van der Waals surface area contributed by atoms with Gasteiger partial charge in [0.25, 0.3) is 11.6 Å². The van der Waals surface area contributed by atoms with E-state index in [0.29, 0.717) is 35.9 Å². The van der Waals surface area contributed by atoms with Crippen molar-refractivity contribution < 1.29 is 9.72 Å². The van der Waals surface area contributed by atoms with Gasteiger partial charge < -0.3 is 5.32 Å². The van der Waals surface area contributed by atoms with E-state index in [9.17, 15) is 14.9 Å². The Hall–Kier alpha value is -1.94. The Balaban J connectivity index is 1.85. The number of amides is 1. The van der Waals surface area contributed by atoms with Crippen LogP contribution >= 0.6 is 55.1 Å². The molecular weight excluding hydrogens is 527 g/mol. The number of aromatic amines is 1. The van der Waals surface area contributed by atoms with Gasteiger partial charge in [-0.05, 0) is 50.1 Å². The SMILES string of the molecule is O=C(Nc1c(Br)cc([N+](=O)[O-])cc1Br)c1cc(-c2ccc(Cl)c(Cl)c2)n[nH]1. The van der Waals surface area contributed by atoms with Crippen LogP contribution in [0.1, 0.15) is 10.5 Å². The van der Waals surface area contributed by atoms with Crippen molar-refractivity contribution in [2.24, 2.45) is 0 Å². The molecule has 0 bridgehead atoms. The van der Waals surface area contributed by atoms with Gasteiger partial charge in [-0.2, -0.15) is 5.10 Å². The van der Waals surface area contributed by atoms with Crippen molar-refractivity contribution >= 4 is 72.3 Å². The third-order valence-corrected chi connectivity index (χ3v) is 5.50. The molecule has 11 heteroatoms. The fourth-order valence-electron chi connectivity index (χ4n) is 2.21. The molecule has 0 atom stereocenters. The Morgan fingerprint density at radius 1 is 1.11 bits per heavy atom. The molecule has 0 aliphatic rings. The first-order chi connectivity index (χ1) is 12.8. The van der Waals surface area contributed by atoms with Crippen LogP contribution in [0.3, 0.4) is 0 Å². The van der Waals surface area contributed by atoms with E-state index in [1.165, 1.54) is 12.1 Å². The number of nitrogens with one attached hydrogen (secondary N) is 2. The van der Waals surface area contributed by atoms with Crippen molar-refractivity contribution in [2.45, 2.75) is 0 Å². The number of hydrogen-bond donors (Lipinski definition) is 2. The predicted molar refractivity (Wildman–Crippen MR) is 110 cm³/mol. The molecule has 138 valence electrons. The Morgan fingerprint density at radius 2 is 1.78 bits per heavy atom. The normalized spacial score (nSPS) is 10.7. The Kier molecular flexibility index (Phi) is 5.85. The molecule has 3 rings (SSSR count). The molecule has 2 N–H and O–H groups in total. The minimum absolute atomic E-state index is 0.116. The number of carbonyl (C=O) groups is 1. The Morgan fingerprint density at radius 3 is 2.37 bits per heavy atom. The van der Waals surface area contributed by atoms with Crippen LogP contribution in [0, 0.1) is 10.1 Å². The van der Waals surface area contributed by atoms with E-state index in [-0.39, 0.29) is 11.4 Å². The molecule has 0 saturated heterocycles. The molecule has 0 unspecified atom stereocenters. The van der Waals surface area contributed by atoms with E-state index < -0.39 is 10.8 Å². The molecule has 0 fully saturated rings. The van der Waals surface area contributed by atoms with Crippen molar-refractivity contribution in [1.29, 1.82) is 0 Å². The number of non-ortho nitro benzene ring substituents is 1. The lowest BCUT2D eigenvalue weighted by atomic mass is 10.1. The average Bonchev–Trinajstić information content (AvgIpc) is 3.10. The smallest absolute Gasteiger partial charge is 0.273 e. The average molecular weight is 535 g/mol. The third-order valence-electron chi connectivity index (χ3n) is 3.51. The van der Waals surface area contributed by atoms with Gasteiger partial charge in [0, 0.05) is 26.6 Å². The fraction of sp³-hybridized carbons (Fsp3) is 0. The van der Waals surface area contributed by atoms with Gasteiger partial charge in [0.05, 0.1) is 26.3 Å². The van der Waals surface area contributed by atoms with E-state index in [2.05, 4.69) is 47.4 Å². The van der Waals surface area contributed by atoms with Crippen LogP contribution in [0.2, 0.25) is 10.0 Å². The van der Waals surface area contributed by atoms with Crippen molar-refractivity contribution in [3.05, 3.63) is 71.2 Å². The molecule has 7 nitrogen and oxygen atoms in total. The summed E-state index contributed by atoms with van der Waals surface area (Å²) in [6, 6.07) is 9.17. The van der Waals surface area contributed by atoms with Gasteiger partial charge in [0.2, 0.25) is 0 Å². The second kappa shape index (κ2) is 7.97. The number of nitro benzene ring substituents is 1. The fourth-order valence-corrected chi connectivity index (χ4v) is 3.87. The van der Waals surface area contributed by atoms with Crippen LogP contribution < -0.4 is 5.32 Å². The summed E-state index contributed by atoms with van der Waals surface area (Å²) in [6.07, 6.45) is 0. The number of anilines is 1. The first-order valence-corrected chi connectivity index (χ1v) is 9.56. The van der Waals surface area contributed by atoms with Gasteiger partial charge >= 0.3 is 0 Å². The van der Waals surface area contributed by atoms with Gasteiger partial charge in [0.15, 0.2) is 0 Å². The Bertz CT molecular complexity index is 1050. The lowest BCUT2D eigenvalue weighted by Gasteiger charge is -2.08. The monoisotopic (exact) mass is 532 g/mol. The summed E-state index contributed by atoms with van der Waals surface area (Å²) >= 11 is 18.3. The number of nitrogens with zero attached hydrogens (tertiary/aromatic N) is 2. The second-order valence-corrected chi connectivity index (χ2v) is 7.81. The van der Waals surface area contributed by atoms with Crippen LogP contribution in [-0.4, -0.2) is 21.0 Å². The summed E-state index contributed by atoms with van der Waals surface area (Å²) in [5, 5.41) is 21.1. The summed E-state index contributed by atoms with van der Waals surface area (Å²) in [6.45, 7) is 0. The molecule has 0 spiro atoms. The quantitative estimate of drug-likeness (QED) is 0.313. The van der Waals surface area contributed by atoms with Crippen LogP contribution in [0.4, 0.5) is 11.4 Å². The first-order valence-electron chi connectivity index (χ1n) is 7.22. The minimum Gasteiger partial charge on any atom is -0.319 e. The largest absolute Gasteiger partial charge is 0.319 e. The molecule has 1 amide bonds. The standard InChI is InChI=1S/C16H8Br2Cl2N4O3/c17-9-4-8(24(26)27)5-10(18)15(9)21-16(25)14-6-13(22-23-14)7-1-2-11(19)12(20)3-7/h1-6H,(H,21,25)(H,22,23). The van der Waals surface area contributed by atoms with Gasteiger partial charge in [-0.1, -0.05) is 29.3 Å². The second-order valence-electron chi connectivity index (χ2n) is 5.29. The van der Waals surface area contributed by atoms with Crippen molar-refractivity contribution in [1.82, 2.24) is 10.2 Å². The zero-order valence-electron chi connectivity index (χ0n) is 13.1. The molecule has 3 aromatic rings. The van der Waals surface area contributed by atoms with Crippen molar-refractivity contribution in [3.8, 4) is 11.3 Å². The van der Waals surface area contributed by atoms with E-state index in [0.717, 1.165) is 0 Å².